The number of hydrogen-bond donors (Lipinski definition) is 1. The zero-order valence-corrected chi connectivity index (χ0v) is 15.8. The molecule has 0 saturated carbocycles. The summed E-state index contributed by atoms with van der Waals surface area (Å²) < 4.78 is 0. The number of nitrogens with zero attached hydrogens (tertiary/aromatic N) is 2. The summed E-state index contributed by atoms with van der Waals surface area (Å²) in [6.45, 7) is 1.35. The maximum absolute atomic E-state index is 10.7. The molecule has 0 spiro atoms. The highest BCUT2D eigenvalue weighted by atomic mass is 16.3. The van der Waals surface area contributed by atoms with Gasteiger partial charge in [-0.05, 0) is 23.1 Å². The standard InChI is InChI=1S/C25H24N2O/c26-17-16-25(28)24(18-21-10-4-1-5-11-21)27(19-22-12-6-2-7-13-22)20-23-14-8-3-9-15-23/h1-16,24,28H,18-20H2/b25-16-. The Balaban J connectivity index is 1.94. The summed E-state index contributed by atoms with van der Waals surface area (Å²) in [5.74, 6) is 0.0956. The smallest absolute Gasteiger partial charge is 0.120 e. The van der Waals surface area contributed by atoms with Crippen LogP contribution in [0.5, 0.6) is 0 Å². The van der Waals surface area contributed by atoms with Crippen molar-refractivity contribution < 1.29 is 5.11 Å². The van der Waals surface area contributed by atoms with Crippen molar-refractivity contribution >= 4 is 0 Å². The second-order valence-corrected chi connectivity index (χ2v) is 6.78. The number of nitriles is 1. The molecule has 0 amide bonds. The van der Waals surface area contributed by atoms with Gasteiger partial charge in [0.2, 0.25) is 0 Å². The molecule has 3 rings (SSSR count). The first-order valence-electron chi connectivity index (χ1n) is 9.40. The highest BCUT2D eigenvalue weighted by molar-refractivity contribution is 5.23. The lowest BCUT2D eigenvalue weighted by molar-refractivity contribution is 0.158. The van der Waals surface area contributed by atoms with E-state index in [0.29, 0.717) is 19.5 Å². The molecule has 140 valence electrons. The fraction of sp³-hybridized carbons (Fsp3) is 0.160. The van der Waals surface area contributed by atoms with Crippen molar-refractivity contribution in [1.29, 1.82) is 5.26 Å². The number of aliphatic hydroxyl groups is 1. The molecule has 0 saturated heterocycles. The molecule has 3 aromatic carbocycles. The van der Waals surface area contributed by atoms with Crippen LogP contribution in [0.1, 0.15) is 16.7 Å². The lowest BCUT2D eigenvalue weighted by Gasteiger charge is -2.31. The van der Waals surface area contributed by atoms with E-state index in [2.05, 4.69) is 41.3 Å². The Morgan fingerprint density at radius 3 is 1.64 bits per heavy atom. The van der Waals surface area contributed by atoms with E-state index in [1.807, 2.05) is 60.7 Å². The van der Waals surface area contributed by atoms with Crippen LogP contribution in [-0.2, 0) is 19.5 Å². The van der Waals surface area contributed by atoms with Crippen LogP contribution < -0.4 is 0 Å². The highest BCUT2D eigenvalue weighted by Gasteiger charge is 2.23. The molecule has 1 N–H and O–H groups in total. The maximum atomic E-state index is 10.7. The SMILES string of the molecule is N#C/C=C(\O)C(Cc1ccccc1)N(Cc1ccccc1)Cc1ccccc1. The van der Waals surface area contributed by atoms with Crippen LogP contribution in [0.2, 0.25) is 0 Å². The average Bonchev–Trinajstić information content (AvgIpc) is 2.74. The molecule has 0 aromatic heterocycles. The number of allylic oxidation sites excluding steroid dienone is 1. The van der Waals surface area contributed by atoms with Gasteiger partial charge in [-0.25, -0.2) is 0 Å². The Bertz CT molecular complexity index is 874. The van der Waals surface area contributed by atoms with Gasteiger partial charge in [-0.15, -0.1) is 0 Å². The van der Waals surface area contributed by atoms with Crippen LogP contribution in [0.3, 0.4) is 0 Å². The van der Waals surface area contributed by atoms with Crippen LogP contribution in [0.25, 0.3) is 0 Å². The van der Waals surface area contributed by atoms with Crippen molar-refractivity contribution in [3.05, 3.63) is 120 Å². The summed E-state index contributed by atoms with van der Waals surface area (Å²) in [5, 5.41) is 19.8. The van der Waals surface area contributed by atoms with Gasteiger partial charge in [-0.1, -0.05) is 91.0 Å². The Labute approximate surface area is 166 Å². The summed E-state index contributed by atoms with van der Waals surface area (Å²) in [7, 11) is 0. The summed E-state index contributed by atoms with van der Waals surface area (Å²) in [5.41, 5.74) is 3.46. The maximum Gasteiger partial charge on any atom is 0.120 e. The second kappa shape index (κ2) is 10.1. The zero-order chi connectivity index (χ0) is 19.6. The van der Waals surface area contributed by atoms with E-state index in [9.17, 15) is 5.11 Å². The molecule has 3 aromatic rings. The third-order valence-electron chi connectivity index (χ3n) is 4.72. The molecular formula is C25H24N2O. The first-order valence-corrected chi connectivity index (χ1v) is 9.40. The van der Waals surface area contributed by atoms with Gasteiger partial charge in [-0.2, -0.15) is 5.26 Å². The van der Waals surface area contributed by atoms with E-state index < -0.39 is 0 Å². The monoisotopic (exact) mass is 368 g/mol. The molecule has 3 heteroatoms. The van der Waals surface area contributed by atoms with Crippen LogP contribution in [0, 0.1) is 11.3 Å². The van der Waals surface area contributed by atoms with Crippen LogP contribution >= 0.6 is 0 Å². The molecule has 28 heavy (non-hydrogen) atoms. The molecule has 0 aliphatic rings. The van der Waals surface area contributed by atoms with Crippen molar-refractivity contribution in [3.8, 4) is 6.07 Å². The van der Waals surface area contributed by atoms with E-state index in [0.717, 1.165) is 5.56 Å². The quantitative estimate of drug-likeness (QED) is 0.435. The molecule has 3 nitrogen and oxygen atoms in total. The van der Waals surface area contributed by atoms with Gasteiger partial charge in [0.05, 0.1) is 18.2 Å². The zero-order valence-electron chi connectivity index (χ0n) is 15.8. The minimum absolute atomic E-state index is 0.0956. The molecule has 1 atom stereocenters. The molecule has 1 unspecified atom stereocenters. The average molecular weight is 368 g/mol. The van der Waals surface area contributed by atoms with Crippen LogP contribution in [0.15, 0.2) is 103 Å². The molecular weight excluding hydrogens is 344 g/mol. The van der Waals surface area contributed by atoms with E-state index >= 15 is 0 Å². The molecule has 0 aliphatic heterocycles. The Morgan fingerprint density at radius 1 is 0.786 bits per heavy atom. The Kier molecular flexibility index (Phi) is 7.01. The minimum atomic E-state index is -0.289. The van der Waals surface area contributed by atoms with E-state index in [1.165, 1.54) is 17.2 Å². The van der Waals surface area contributed by atoms with Crippen LogP contribution in [-0.4, -0.2) is 16.0 Å². The minimum Gasteiger partial charge on any atom is -0.510 e. The largest absolute Gasteiger partial charge is 0.510 e. The van der Waals surface area contributed by atoms with Gasteiger partial charge < -0.3 is 5.11 Å². The third-order valence-corrected chi connectivity index (χ3v) is 4.72. The molecule has 0 fully saturated rings. The second-order valence-electron chi connectivity index (χ2n) is 6.78. The van der Waals surface area contributed by atoms with Crippen molar-refractivity contribution in [1.82, 2.24) is 4.90 Å². The Hall–Kier alpha value is -3.35. The predicted molar refractivity (Wildman–Crippen MR) is 112 cm³/mol. The lowest BCUT2D eigenvalue weighted by atomic mass is 10.0. The summed E-state index contributed by atoms with van der Waals surface area (Å²) in [6, 6.07) is 32.2. The van der Waals surface area contributed by atoms with Gasteiger partial charge in [0, 0.05) is 13.1 Å². The van der Waals surface area contributed by atoms with Crippen LogP contribution in [0.4, 0.5) is 0 Å². The molecule has 0 heterocycles. The molecule has 0 radical (unpaired) electrons. The van der Waals surface area contributed by atoms with Crippen molar-refractivity contribution in [2.45, 2.75) is 25.6 Å². The fourth-order valence-electron chi connectivity index (χ4n) is 3.33. The first kappa shape index (κ1) is 19.4. The van der Waals surface area contributed by atoms with Gasteiger partial charge in [0.25, 0.3) is 0 Å². The Morgan fingerprint density at radius 2 is 1.21 bits per heavy atom. The number of benzene rings is 3. The number of rotatable bonds is 8. The third kappa shape index (κ3) is 5.57. The van der Waals surface area contributed by atoms with Crippen molar-refractivity contribution in [2.24, 2.45) is 0 Å². The molecule has 0 aliphatic carbocycles. The van der Waals surface area contributed by atoms with Crippen molar-refractivity contribution in [2.75, 3.05) is 0 Å². The highest BCUT2D eigenvalue weighted by Crippen LogP contribution is 2.21. The summed E-state index contributed by atoms with van der Waals surface area (Å²) in [4.78, 5) is 2.22. The van der Waals surface area contributed by atoms with Gasteiger partial charge in [-0.3, -0.25) is 4.90 Å². The van der Waals surface area contributed by atoms with Gasteiger partial charge in [0.15, 0.2) is 0 Å². The van der Waals surface area contributed by atoms with Gasteiger partial charge >= 0.3 is 0 Å². The normalized spacial score (nSPS) is 12.5. The van der Waals surface area contributed by atoms with E-state index in [-0.39, 0.29) is 11.8 Å². The number of hydrogen-bond acceptors (Lipinski definition) is 3. The van der Waals surface area contributed by atoms with Crippen molar-refractivity contribution in [3.63, 3.8) is 0 Å². The molecule has 0 bridgehead atoms. The van der Waals surface area contributed by atoms with E-state index in [4.69, 9.17) is 5.26 Å². The fourth-order valence-corrected chi connectivity index (χ4v) is 3.33. The lowest BCUT2D eigenvalue weighted by Crippen LogP contribution is -2.37. The number of aliphatic hydroxyl groups excluding tert-OH is 1. The topological polar surface area (TPSA) is 47.3 Å². The summed E-state index contributed by atoms with van der Waals surface area (Å²) >= 11 is 0. The summed E-state index contributed by atoms with van der Waals surface area (Å²) in [6.07, 6.45) is 1.88. The van der Waals surface area contributed by atoms with E-state index in [1.54, 1.807) is 0 Å². The van der Waals surface area contributed by atoms with Gasteiger partial charge in [0.1, 0.15) is 5.76 Å². The first-order chi connectivity index (χ1) is 13.8. The predicted octanol–water partition coefficient (Wildman–Crippen LogP) is 5.27.